The molecule has 0 amide bonds. The summed E-state index contributed by atoms with van der Waals surface area (Å²) in [5.41, 5.74) is 0.0321. The van der Waals surface area contributed by atoms with Gasteiger partial charge >= 0.3 is 0 Å². The van der Waals surface area contributed by atoms with Crippen LogP contribution in [0.4, 0.5) is 0 Å². The third kappa shape index (κ3) is 1.49. The lowest BCUT2D eigenvalue weighted by Crippen LogP contribution is -2.54. The molecule has 1 saturated carbocycles. The van der Waals surface area contributed by atoms with Crippen LogP contribution in [0.3, 0.4) is 0 Å². The number of rotatable bonds is 1. The Morgan fingerprint density at radius 3 is 2.21 bits per heavy atom. The second-order valence-electron chi connectivity index (χ2n) is 4.67. The third-order valence-corrected chi connectivity index (χ3v) is 5.66. The maximum Gasteiger partial charge on any atom is 0.106 e. The number of hydrogen-bond donors (Lipinski definition) is 1. The summed E-state index contributed by atoms with van der Waals surface area (Å²) in [5.74, 6) is 1.75. The highest BCUT2D eigenvalue weighted by Gasteiger charge is 2.48. The van der Waals surface area contributed by atoms with Crippen molar-refractivity contribution in [1.82, 2.24) is 5.32 Å². The van der Waals surface area contributed by atoms with E-state index in [0.717, 1.165) is 37.2 Å². The van der Waals surface area contributed by atoms with Gasteiger partial charge in [-0.25, -0.2) is 0 Å². The SMILES string of the molecule is CNC1(C#N)CCC2(CC1)CS(=O)C2. The van der Waals surface area contributed by atoms with E-state index in [9.17, 15) is 4.21 Å². The Morgan fingerprint density at radius 2 is 1.86 bits per heavy atom. The first-order valence-corrected chi connectivity index (χ1v) is 6.58. The fraction of sp³-hybridized carbons (Fsp3) is 0.900. The van der Waals surface area contributed by atoms with Crippen LogP contribution in [0.2, 0.25) is 0 Å². The van der Waals surface area contributed by atoms with Crippen molar-refractivity contribution >= 4 is 10.8 Å². The molecule has 1 heterocycles. The summed E-state index contributed by atoms with van der Waals surface area (Å²) >= 11 is 0. The van der Waals surface area contributed by atoms with Gasteiger partial charge in [0.2, 0.25) is 0 Å². The summed E-state index contributed by atoms with van der Waals surface area (Å²) in [5, 5.41) is 12.2. The molecule has 0 aromatic heterocycles. The molecule has 1 aliphatic carbocycles. The molecule has 4 heteroatoms. The van der Waals surface area contributed by atoms with Gasteiger partial charge in [0, 0.05) is 22.3 Å². The Morgan fingerprint density at radius 1 is 1.29 bits per heavy atom. The minimum Gasteiger partial charge on any atom is -0.302 e. The summed E-state index contributed by atoms with van der Waals surface area (Å²) in [6, 6.07) is 2.38. The Balaban J connectivity index is 1.99. The third-order valence-electron chi connectivity index (χ3n) is 3.79. The van der Waals surface area contributed by atoms with Crippen molar-refractivity contribution in [2.24, 2.45) is 5.41 Å². The molecule has 0 aromatic carbocycles. The van der Waals surface area contributed by atoms with Gasteiger partial charge in [-0.2, -0.15) is 5.26 Å². The van der Waals surface area contributed by atoms with Crippen molar-refractivity contribution < 1.29 is 4.21 Å². The maximum atomic E-state index is 11.1. The summed E-state index contributed by atoms with van der Waals surface area (Å²) in [6.45, 7) is 0. The predicted octanol–water partition coefficient (Wildman–Crippen LogP) is 0.791. The highest BCUT2D eigenvalue weighted by molar-refractivity contribution is 7.86. The van der Waals surface area contributed by atoms with Crippen molar-refractivity contribution in [3.63, 3.8) is 0 Å². The van der Waals surface area contributed by atoms with E-state index in [1.165, 1.54) is 0 Å². The first-order chi connectivity index (χ1) is 6.64. The Bertz CT molecular complexity index is 290. The zero-order valence-corrected chi connectivity index (χ0v) is 9.32. The van der Waals surface area contributed by atoms with Gasteiger partial charge in [-0.1, -0.05) is 0 Å². The van der Waals surface area contributed by atoms with Gasteiger partial charge in [-0.15, -0.1) is 0 Å². The van der Waals surface area contributed by atoms with Gasteiger partial charge in [-0.3, -0.25) is 4.21 Å². The quantitative estimate of drug-likeness (QED) is 0.699. The molecule has 78 valence electrons. The lowest BCUT2D eigenvalue weighted by molar-refractivity contribution is 0.171. The van der Waals surface area contributed by atoms with Crippen molar-refractivity contribution in [3.8, 4) is 6.07 Å². The molecule has 14 heavy (non-hydrogen) atoms. The first-order valence-electron chi connectivity index (χ1n) is 5.09. The molecule has 3 nitrogen and oxygen atoms in total. The van der Waals surface area contributed by atoms with Gasteiger partial charge in [0.1, 0.15) is 5.54 Å². The van der Waals surface area contributed by atoms with Crippen LogP contribution in [0.1, 0.15) is 25.7 Å². The molecule has 2 rings (SSSR count). The van der Waals surface area contributed by atoms with Gasteiger partial charge < -0.3 is 5.32 Å². The van der Waals surface area contributed by atoms with Crippen LogP contribution in [0.15, 0.2) is 0 Å². The minimum atomic E-state index is -0.561. The maximum absolute atomic E-state index is 11.1. The Labute approximate surface area is 87.3 Å². The molecule has 1 N–H and O–H groups in total. The van der Waals surface area contributed by atoms with E-state index in [0.29, 0.717) is 5.41 Å². The van der Waals surface area contributed by atoms with Gasteiger partial charge in [0.15, 0.2) is 0 Å². The van der Waals surface area contributed by atoms with E-state index in [4.69, 9.17) is 5.26 Å². The smallest absolute Gasteiger partial charge is 0.106 e. The fourth-order valence-corrected chi connectivity index (χ4v) is 4.41. The first kappa shape index (κ1) is 10.1. The average molecular weight is 212 g/mol. The van der Waals surface area contributed by atoms with Crippen molar-refractivity contribution in [1.29, 1.82) is 5.26 Å². The van der Waals surface area contributed by atoms with Crippen molar-refractivity contribution in [2.75, 3.05) is 18.6 Å². The monoisotopic (exact) mass is 212 g/mol. The summed E-state index contributed by atoms with van der Waals surface area (Å²) in [4.78, 5) is 0. The topological polar surface area (TPSA) is 52.9 Å². The standard InChI is InChI=1S/C10H16N2OS/c1-12-10(6-11)4-2-9(3-5-10)7-14(13)8-9/h12H,2-5,7-8H2,1H3. The summed E-state index contributed by atoms with van der Waals surface area (Å²) < 4.78 is 11.1. The molecule has 1 aliphatic heterocycles. The molecule has 0 radical (unpaired) electrons. The molecule has 0 bridgehead atoms. The molecule has 1 saturated heterocycles. The Hall–Kier alpha value is -0.400. The molecule has 0 atom stereocenters. The van der Waals surface area contributed by atoms with Crippen molar-refractivity contribution in [3.05, 3.63) is 0 Å². The average Bonchev–Trinajstić information content (AvgIpc) is 2.18. The molecule has 0 unspecified atom stereocenters. The number of nitriles is 1. The predicted molar refractivity (Wildman–Crippen MR) is 56.2 cm³/mol. The van der Waals surface area contributed by atoms with Crippen LogP contribution in [0.25, 0.3) is 0 Å². The molecule has 2 fully saturated rings. The van der Waals surface area contributed by atoms with Crippen LogP contribution < -0.4 is 5.32 Å². The van der Waals surface area contributed by atoms with Crippen LogP contribution in [-0.4, -0.2) is 28.3 Å². The Kier molecular flexibility index (Phi) is 2.40. The zero-order valence-electron chi connectivity index (χ0n) is 8.51. The zero-order chi connectivity index (χ0) is 10.2. The van der Waals surface area contributed by atoms with Gasteiger partial charge in [0.05, 0.1) is 6.07 Å². The largest absolute Gasteiger partial charge is 0.302 e. The van der Waals surface area contributed by atoms with Crippen LogP contribution in [0.5, 0.6) is 0 Å². The van der Waals surface area contributed by atoms with E-state index >= 15 is 0 Å². The molecule has 0 aromatic rings. The van der Waals surface area contributed by atoms with Crippen LogP contribution >= 0.6 is 0 Å². The highest BCUT2D eigenvalue weighted by atomic mass is 32.2. The van der Waals surface area contributed by atoms with Crippen molar-refractivity contribution in [2.45, 2.75) is 31.2 Å². The molecule has 1 spiro atoms. The number of nitrogens with zero attached hydrogens (tertiary/aromatic N) is 1. The van der Waals surface area contributed by atoms with Gasteiger partial charge in [-0.05, 0) is 38.1 Å². The lowest BCUT2D eigenvalue weighted by atomic mass is 9.69. The van der Waals surface area contributed by atoms with Crippen LogP contribution in [-0.2, 0) is 10.8 Å². The second-order valence-corrected chi connectivity index (χ2v) is 6.13. The van der Waals surface area contributed by atoms with E-state index in [-0.39, 0.29) is 5.54 Å². The molecular weight excluding hydrogens is 196 g/mol. The van der Waals surface area contributed by atoms with Gasteiger partial charge in [0.25, 0.3) is 0 Å². The van der Waals surface area contributed by atoms with E-state index < -0.39 is 10.8 Å². The number of hydrogen-bond acceptors (Lipinski definition) is 3. The van der Waals surface area contributed by atoms with E-state index in [1.54, 1.807) is 0 Å². The lowest BCUT2D eigenvalue weighted by Gasteiger charge is -2.48. The minimum absolute atomic E-state index is 0.303. The normalized spacial score (nSPS) is 47.0. The van der Waals surface area contributed by atoms with Crippen LogP contribution in [0, 0.1) is 16.7 Å². The van der Waals surface area contributed by atoms with E-state index in [2.05, 4.69) is 11.4 Å². The summed E-state index contributed by atoms with van der Waals surface area (Å²) in [7, 11) is 1.30. The second kappa shape index (κ2) is 3.32. The fourth-order valence-electron chi connectivity index (χ4n) is 2.55. The van der Waals surface area contributed by atoms with E-state index in [1.807, 2.05) is 7.05 Å². The summed E-state index contributed by atoms with van der Waals surface area (Å²) in [6.07, 6.45) is 3.95. The highest BCUT2D eigenvalue weighted by Crippen LogP contribution is 2.46. The number of nitrogens with one attached hydrogen (secondary N) is 1. The molecular formula is C10H16N2OS. The molecule has 2 aliphatic rings.